The summed E-state index contributed by atoms with van der Waals surface area (Å²) in [6, 6.07) is 5.07. The number of methoxy groups -OCH3 is 3. The molecule has 2 rings (SSSR count). The predicted octanol–water partition coefficient (Wildman–Crippen LogP) is 3.99. The monoisotopic (exact) mass is 482 g/mol. The van der Waals surface area contributed by atoms with Crippen molar-refractivity contribution in [3.05, 3.63) is 40.1 Å². The molecule has 1 heterocycles. The van der Waals surface area contributed by atoms with Gasteiger partial charge in [-0.1, -0.05) is 0 Å². The molecule has 0 unspecified atom stereocenters. The first-order valence-electron chi connectivity index (χ1n) is 8.85. The Morgan fingerprint density at radius 1 is 1.07 bits per heavy atom. The summed E-state index contributed by atoms with van der Waals surface area (Å²) >= 11 is 3.50. The van der Waals surface area contributed by atoms with Crippen molar-refractivity contribution in [2.75, 3.05) is 34.9 Å². The van der Waals surface area contributed by atoms with E-state index in [0.29, 0.717) is 38.6 Å². The molecule has 0 aliphatic carbocycles. The molecule has 30 heavy (non-hydrogen) atoms. The third-order valence-electron chi connectivity index (χ3n) is 3.86. The Morgan fingerprint density at radius 3 is 2.33 bits per heavy atom. The van der Waals surface area contributed by atoms with Crippen molar-refractivity contribution in [3.63, 3.8) is 0 Å². The summed E-state index contributed by atoms with van der Waals surface area (Å²) in [6.07, 6.45) is 2.89. The Balaban J connectivity index is 2.65. The Hall–Kier alpha value is -2.62. The highest BCUT2D eigenvalue weighted by Gasteiger charge is 2.24. The summed E-state index contributed by atoms with van der Waals surface area (Å²) in [4.78, 5) is 23.3. The number of carbonyl (C=O) groups excluding carboxylic acids is 2. The van der Waals surface area contributed by atoms with Crippen LogP contribution in [0.4, 0.5) is 0 Å². The number of carbonyl (C=O) groups is 2. The fourth-order valence-corrected chi connectivity index (χ4v) is 3.12. The minimum absolute atomic E-state index is 0.0000693. The van der Waals surface area contributed by atoms with Gasteiger partial charge in [-0.3, -0.25) is 9.59 Å². The molecule has 0 aliphatic heterocycles. The lowest BCUT2D eigenvalue weighted by Gasteiger charge is -2.18. The lowest BCUT2D eigenvalue weighted by Crippen LogP contribution is -2.10. The first-order valence-corrected chi connectivity index (χ1v) is 9.65. The molecule has 162 valence electrons. The van der Waals surface area contributed by atoms with Crippen LogP contribution in [0, 0.1) is 0 Å². The van der Waals surface area contributed by atoms with Crippen LogP contribution >= 0.6 is 15.9 Å². The molecule has 0 spiro atoms. The summed E-state index contributed by atoms with van der Waals surface area (Å²) in [7, 11) is 4.30. The minimum atomic E-state index is -0.457. The maximum Gasteiger partial charge on any atom is 0.310 e. The number of ether oxygens (including phenoxy) is 5. The molecule has 1 aromatic carbocycles. The van der Waals surface area contributed by atoms with Crippen molar-refractivity contribution in [2.45, 2.75) is 13.3 Å². The lowest BCUT2D eigenvalue weighted by molar-refractivity contribution is -0.139. The van der Waals surface area contributed by atoms with Gasteiger partial charge in [-0.15, -0.1) is 0 Å². The number of esters is 1. The van der Waals surface area contributed by atoms with Gasteiger partial charge in [0, 0.05) is 20.3 Å². The van der Waals surface area contributed by atoms with Gasteiger partial charge in [-0.05, 0) is 52.7 Å². The maximum atomic E-state index is 12.1. The third kappa shape index (κ3) is 6.19. The molecule has 1 aromatic heterocycles. The smallest absolute Gasteiger partial charge is 0.310 e. The minimum Gasteiger partial charge on any atom is -0.469 e. The largest absolute Gasteiger partial charge is 0.469 e. The highest BCUT2D eigenvalue weighted by molar-refractivity contribution is 9.10. The van der Waals surface area contributed by atoms with Crippen LogP contribution in [0.15, 0.2) is 33.2 Å². The van der Waals surface area contributed by atoms with E-state index in [-0.39, 0.29) is 25.8 Å². The normalized spacial score (nSPS) is 11.0. The van der Waals surface area contributed by atoms with Gasteiger partial charge in [0.1, 0.15) is 23.0 Å². The van der Waals surface area contributed by atoms with Gasteiger partial charge < -0.3 is 28.1 Å². The Morgan fingerprint density at radius 2 is 1.73 bits per heavy atom. The molecule has 8 nitrogen and oxygen atoms in total. The van der Waals surface area contributed by atoms with Gasteiger partial charge in [-0.25, -0.2) is 0 Å². The highest BCUT2D eigenvalue weighted by Crippen LogP contribution is 2.44. The molecule has 0 amide bonds. The van der Waals surface area contributed by atoms with Crippen LogP contribution in [0.3, 0.4) is 0 Å². The fourth-order valence-electron chi connectivity index (χ4n) is 2.55. The van der Waals surface area contributed by atoms with Crippen molar-refractivity contribution >= 4 is 33.8 Å². The average Bonchev–Trinajstić information content (AvgIpc) is 3.19. The number of rotatable bonds is 11. The first-order chi connectivity index (χ1) is 14.4. The molecule has 0 bridgehead atoms. The summed E-state index contributed by atoms with van der Waals surface area (Å²) < 4.78 is 32.6. The second kappa shape index (κ2) is 11.5. The van der Waals surface area contributed by atoms with Gasteiger partial charge in [0.2, 0.25) is 0 Å². The number of allylic oxidation sites excluding steroid dienone is 1. The fraction of sp³-hybridized carbons (Fsp3) is 0.333. The number of ketones is 1. The maximum absolute atomic E-state index is 12.1. The van der Waals surface area contributed by atoms with Crippen molar-refractivity contribution in [3.8, 4) is 22.8 Å². The summed E-state index contributed by atoms with van der Waals surface area (Å²) in [5, 5.41) is 0. The molecular formula is C21H23BrO8. The summed E-state index contributed by atoms with van der Waals surface area (Å²) in [6.45, 7) is 1.41. The first kappa shape index (κ1) is 23.7. The van der Waals surface area contributed by atoms with Crippen LogP contribution in [0.5, 0.6) is 11.5 Å². The second-order valence-corrected chi connectivity index (χ2v) is 6.83. The van der Waals surface area contributed by atoms with Crippen LogP contribution in [0.1, 0.15) is 18.2 Å². The number of hydrogen-bond donors (Lipinski definition) is 0. The standard InChI is InChI=1S/C21H23BrO8/c1-13(23)5-6-14-7-8-16(30-14)20-15(9-19(24)27-4)21(22)18(29-12-26-3)10-17(20)28-11-25-2/h5-8,10H,9,11-12H2,1-4H3. The van der Waals surface area contributed by atoms with E-state index < -0.39 is 5.97 Å². The number of hydrogen-bond acceptors (Lipinski definition) is 8. The number of furan rings is 1. The van der Waals surface area contributed by atoms with E-state index in [4.69, 9.17) is 28.1 Å². The topological polar surface area (TPSA) is 93.4 Å². The van der Waals surface area contributed by atoms with E-state index in [0.717, 1.165) is 0 Å². The zero-order valence-corrected chi connectivity index (χ0v) is 18.7. The van der Waals surface area contributed by atoms with E-state index in [9.17, 15) is 9.59 Å². The average molecular weight is 483 g/mol. The van der Waals surface area contributed by atoms with Gasteiger partial charge >= 0.3 is 5.97 Å². The molecule has 0 aliphatic rings. The van der Waals surface area contributed by atoms with E-state index in [1.54, 1.807) is 24.3 Å². The molecule has 0 saturated heterocycles. The van der Waals surface area contributed by atoms with Crippen molar-refractivity contribution in [1.29, 1.82) is 0 Å². The quantitative estimate of drug-likeness (QED) is 0.269. The molecular weight excluding hydrogens is 460 g/mol. The molecule has 0 atom stereocenters. The van der Waals surface area contributed by atoms with Gasteiger partial charge in [0.05, 0.1) is 23.6 Å². The SMILES string of the molecule is COCOc1cc(OCOC)c(-c2ccc(C=CC(C)=O)o2)c(CC(=O)OC)c1Br. The Kier molecular flexibility index (Phi) is 9.10. The van der Waals surface area contributed by atoms with Gasteiger partial charge in [0.25, 0.3) is 0 Å². The Labute approximate surface area is 182 Å². The van der Waals surface area contributed by atoms with Crippen molar-refractivity contribution in [2.24, 2.45) is 0 Å². The molecule has 2 aromatic rings. The zero-order chi connectivity index (χ0) is 22.1. The highest BCUT2D eigenvalue weighted by atomic mass is 79.9. The molecule has 0 radical (unpaired) electrons. The van der Waals surface area contributed by atoms with Crippen LogP contribution < -0.4 is 9.47 Å². The molecule has 0 saturated carbocycles. The van der Waals surface area contributed by atoms with E-state index in [1.807, 2.05) is 0 Å². The lowest BCUT2D eigenvalue weighted by atomic mass is 10.0. The third-order valence-corrected chi connectivity index (χ3v) is 4.73. The number of halogens is 1. The van der Waals surface area contributed by atoms with Crippen LogP contribution in [0.25, 0.3) is 17.4 Å². The van der Waals surface area contributed by atoms with Gasteiger partial charge in [-0.2, -0.15) is 0 Å². The van der Waals surface area contributed by atoms with E-state index >= 15 is 0 Å². The molecule has 0 fully saturated rings. The van der Waals surface area contributed by atoms with Gasteiger partial charge in [0.15, 0.2) is 19.4 Å². The predicted molar refractivity (Wildman–Crippen MR) is 112 cm³/mol. The summed E-state index contributed by atoms with van der Waals surface area (Å²) in [5.74, 6) is 1.13. The zero-order valence-electron chi connectivity index (χ0n) is 17.2. The van der Waals surface area contributed by atoms with Crippen molar-refractivity contribution in [1.82, 2.24) is 0 Å². The number of benzene rings is 1. The van der Waals surface area contributed by atoms with E-state index in [2.05, 4.69) is 15.9 Å². The van der Waals surface area contributed by atoms with Crippen LogP contribution in [-0.2, 0) is 30.2 Å². The van der Waals surface area contributed by atoms with Crippen LogP contribution in [-0.4, -0.2) is 46.7 Å². The van der Waals surface area contributed by atoms with E-state index in [1.165, 1.54) is 34.3 Å². The second-order valence-electron chi connectivity index (χ2n) is 6.04. The molecule has 9 heteroatoms. The summed E-state index contributed by atoms with van der Waals surface area (Å²) in [5.41, 5.74) is 1.06. The molecule has 0 N–H and O–H groups in total. The Bertz CT molecular complexity index is 916. The van der Waals surface area contributed by atoms with Crippen molar-refractivity contribution < 1.29 is 37.7 Å². The van der Waals surface area contributed by atoms with Crippen LogP contribution in [0.2, 0.25) is 0 Å².